The number of fused-ring (bicyclic) bond motifs is 1. The summed E-state index contributed by atoms with van der Waals surface area (Å²) in [5, 5.41) is 16.4. The third-order valence-electron chi connectivity index (χ3n) is 4.91. The van der Waals surface area contributed by atoms with Gasteiger partial charge in [-0.1, -0.05) is 66.2 Å². The minimum absolute atomic E-state index is 0.0486. The lowest BCUT2D eigenvalue weighted by atomic mass is 10.0. The Hall–Kier alpha value is -4.53. The number of carbonyl (C=O) groups excluding carboxylic acids is 1. The van der Waals surface area contributed by atoms with Crippen molar-refractivity contribution in [3.05, 3.63) is 99.9 Å². The van der Waals surface area contributed by atoms with Crippen molar-refractivity contribution in [3.63, 3.8) is 0 Å². The Morgan fingerprint density at radius 3 is 2.47 bits per heavy atom. The molecular formula is C23H20N6O3. The van der Waals surface area contributed by atoms with Gasteiger partial charge >= 0.3 is 5.69 Å². The Morgan fingerprint density at radius 2 is 1.69 bits per heavy atom. The Balaban J connectivity index is 1.53. The van der Waals surface area contributed by atoms with Crippen LogP contribution in [-0.4, -0.2) is 20.8 Å². The van der Waals surface area contributed by atoms with Gasteiger partial charge < -0.3 is 5.32 Å². The quantitative estimate of drug-likeness (QED) is 0.298. The van der Waals surface area contributed by atoms with E-state index in [9.17, 15) is 14.9 Å². The molecule has 0 aliphatic rings. The first-order valence-electron chi connectivity index (χ1n) is 9.86. The molecule has 0 fully saturated rings. The van der Waals surface area contributed by atoms with Crippen LogP contribution in [0.15, 0.2) is 73.1 Å². The van der Waals surface area contributed by atoms with Crippen LogP contribution in [0, 0.1) is 17.0 Å². The van der Waals surface area contributed by atoms with E-state index in [4.69, 9.17) is 0 Å². The molecule has 0 spiro atoms. The summed E-state index contributed by atoms with van der Waals surface area (Å²) in [5.41, 5.74) is 7.21. The highest BCUT2D eigenvalue weighted by Crippen LogP contribution is 2.29. The van der Waals surface area contributed by atoms with Gasteiger partial charge in [0, 0.05) is 12.1 Å². The summed E-state index contributed by atoms with van der Waals surface area (Å²) in [6.45, 7) is 2.33. The number of nitrogens with zero attached hydrogens (tertiary/aromatic N) is 3. The monoisotopic (exact) mass is 428 g/mol. The zero-order valence-corrected chi connectivity index (χ0v) is 17.2. The maximum atomic E-state index is 12.7. The number of hydrogen-bond donors (Lipinski definition) is 3. The molecule has 0 bridgehead atoms. The molecule has 0 unspecified atom stereocenters. The van der Waals surface area contributed by atoms with Crippen LogP contribution in [-0.2, 0) is 6.54 Å². The lowest BCUT2D eigenvalue weighted by molar-refractivity contribution is -0.383. The van der Waals surface area contributed by atoms with Gasteiger partial charge in [-0.3, -0.25) is 25.8 Å². The summed E-state index contributed by atoms with van der Waals surface area (Å²) in [6, 6.07) is 20.6. The Morgan fingerprint density at radius 1 is 0.969 bits per heavy atom. The van der Waals surface area contributed by atoms with E-state index in [1.807, 2.05) is 61.5 Å². The van der Waals surface area contributed by atoms with Crippen molar-refractivity contribution in [1.82, 2.24) is 15.4 Å². The van der Waals surface area contributed by atoms with Gasteiger partial charge in [0.25, 0.3) is 5.91 Å². The fourth-order valence-electron chi connectivity index (χ4n) is 3.27. The van der Waals surface area contributed by atoms with Gasteiger partial charge in [-0.05, 0) is 29.3 Å². The number of nitrogens with one attached hydrogen (secondary N) is 3. The largest absolute Gasteiger partial charge is 0.360 e. The Kier molecular flexibility index (Phi) is 5.89. The summed E-state index contributed by atoms with van der Waals surface area (Å²) in [6.07, 6.45) is 1.19. The van der Waals surface area contributed by atoms with E-state index in [2.05, 4.69) is 26.1 Å². The Bertz CT molecular complexity index is 1290. The van der Waals surface area contributed by atoms with E-state index in [0.29, 0.717) is 12.1 Å². The third kappa shape index (κ3) is 4.46. The number of benzene rings is 3. The maximum absolute atomic E-state index is 12.7. The Labute approximate surface area is 183 Å². The molecule has 0 aliphatic heterocycles. The highest BCUT2D eigenvalue weighted by molar-refractivity contribution is 6.07. The van der Waals surface area contributed by atoms with Crippen molar-refractivity contribution in [2.45, 2.75) is 13.5 Å². The molecule has 0 atom stereocenters. The third-order valence-corrected chi connectivity index (χ3v) is 4.91. The summed E-state index contributed by atoms with van der Waals surface area (Å²) in [5.74, 6) is -0.513. The average molecular weight is 428 g/mol. The molecule has 1 heterocycles. The van der Waals surface area contributed by atoms with Crippen LogP contribution in [0.2, 0.25) is 0 Å². The van der Waals surface area contributed by atoms with E-state index in [0.717, 1.165) is 21.9 Å². The molecule has 1 aromatic heterocycles. The minimum Gasteiger partial charge on any atom is -0.360 e. The van der Waals surface area contributed by atoms with Crippen molar-refractivity contribution in [3.8, 4) is 0 Å². The van der Waals surface area contributed by atoms with Crippen LogP contribution in [0.25, 0.3) is 10.8 Å². The SMILES string of the molecule is Cc1ccc(CNc2ncnc(NNC(=O)c3cccc4ccccc34)c2[N+](=O)[O-])cc1. The number of anilines is 2. The standard InChI is InChI=1S/C23H20N6O3/c1-15-9-11-16(12-10-15)13-24-21-20(29(31)32)22(26-14-25-21)27-28-23(30)19-8-4-6-17-5-2-3-7-18(17)19/h2-12,14H,13H2,1H3,(H,28,30)(H2,24,25,26,27). The van der Waals surface area contributed by atoms with Gasteiger partial charge in [0.1, 0.15) is 6.33 Å². The first-order valence-corrected chi connectivity index (χ1v) is 9.86. The molecule has 3 N–H and O–H groups in total. The highest BCUT2D eigenvalue weighted by Gasteiger charge is 2.23. The summed E-state index contributed by atoms with van der Waals surface area (Å²) in [4.78, 5) is 31.8. The minimum atomic E-state index is -0.593. The number of aromatic nitrogens is 2. The molecule has 9 nitrogen and oxygen atoms in total. The predicted molar refractivity (Wildman–Crippen MR) is 122 cm³/mol. The number of aryl methyl sites for hydroxylation is 1. The number of rotatable bonds is 7. The number of carbonyl (C=O) groups is 1. The number of hydrazine groups is 1. The van der Waals surface area contributed by atoms with Crippen molar-refractivity contribution < 1.29 is 9.72 Å². The van der Waals surface area contributed by atoms with Gasteiger partial charge in [-0.15, -0.1) is 0 Å². The summed E-state index contributed by atoms with van der Waals surface area (Å²) in [7, 11) is 0. The molecule has 160 valence electrons. The van der Waals surface area contributed by atoms with Gasteiger partial charge in [-0.25, -0.2) is 9.97 Å². The molecule has 3 aromatic carbocycles. The molecule has 0 aliphatic carbocycles. The van der Waals surface area contributed by atoms with Crippen LogP contribution in [0.5, 0.6) is 0 Å². The van der Waals surface area contributed by atoms with Crippen LogP contribution >= 0.6 is 0 Å². The maximum Gasteiger partial charge on any atom is 0.354 e. The first kappa shape index (κ1) is 20.7. The molecule has 0 saturated carbocycles. The zero-order valence-electron chi connectivity index (χ0n) is 17.2. The fourth-order valence-corrected chi connectivity index (χ4v) is 3.27. The number of hydrogen-bond acceptors (Lipinski definition) is 7. The smallest absolute Gasteiger partial charge is 0.354 e. The second kappa shape index (κ2) is 9.09. The second-order valence-corrected chi connectivity index (χ2v) is 7.12. The molecule has 4 aromatic rings. The van der Waals surface area contributed by atoms with Crippen LogP contribution < -0.4 is 16.2 Å². The van der Waals surface area contributed by atoms with E-state index in [1.54, 1.807) is 12.1 Å². The van der Waals surface area contributed by atoms with E-state index >= 15 is 0 Å². The lowest BCUT2D eigenvalue weighted by Gasteiger charge is -2.12. The summed E-state index contributed by atoms with van der Waals surface area (Å²) < 4.78 is 0. The van der Waals surface area contributed by atoms with E-state index in [1.165, 1.54) is 6.33 Å². The first-order chi connectivity index (χ1) is 15.5. The van der Waals surface area contributed by atoms with Crippen LogP contribution in [0.3, 0.4) is 0 Å². The molecule has 1 amide bonds. The van der Waals surface area contributed by atoms with E-state index < -0.39 is 10.8 Å². The van der Waals surface area contributed by atoms with Crippen molar-refractivity contribution >= 4 is 34.0 Å². The average Bonchev–Trinajstić information content (AvgIpc) is 2.81. The topological polar surface area (TPSA) is 122 Å². The van der Waals surface area contributed by atoms with Crippen molar-refractivity contribution in [2.75, 3.05) is 10.7 Å². The number of nitro groups is 1. The van der Waals surface area contributed by atoms with Gasteiger partial charge in [0.15, 0.2) is 0 Å². The lowest BCUT2D eigenvalue weighted by Crippen LogP contribution is -2.30. The van der Waals surface area contributed by atoms with Crippen LogP contribution in [0.4, 0.5) is 17.3 Å². The zero-order chi connectivity index (χ0) is 22.5. The normalized spacial score (nSPS) is 10.5. The molecule has 0 saturated heterocycles. The van der Waals surface area contributed by atoms with E-state index in [-0.39, 0.29) is 17.3 Å². The molecule has 4 rings (SSSR count). The second-order valence-electron chi connectivity index (χ2n) is 7.12. The van der Waals surface area contributed by atoms with Gasteiger partial charge in [0.05, 0.1) is 4.92 Å². The predicted octanol–water partition coefficient (Wildman–Crippen LogP) is 4.22. The van der Waals surface area contributed by atoms with Crippen molar-refractivity contribution in [1.29, 1.82) is 0 Å². The highest BCUT2D eigenvalue weighted by atomic mass is 16.6. The van der Waals surface area contributed by atoms with Crippen molar-refractivity contribution in [2.24, 2.45) is 0 Å². The van der Waals surface area contributed by atoms with Gasteiger partial charge in [0.2, 0.25) is 11.6 Å². The summed E-state index contributed by atoms with van der Waals surface area (Å²) >= 11 is 0. The molecule has 32 heavy (non-hydrogen) atoms. The molecule has 0 radical (unpaired) electrons. The fraction of sp³-hybridized carbons (Fsp3) is 0.0870. The molecule has 9 heteroatoms. The number of amides is 1. The van der Waals surface area contributed by atoms with Gasteiger partial charge in [-0.2, -0.15) is 0 Å². The molecular weight excluding hydrogens is 408 g/mol. The van der Waals surface area contributed by atoms with Crippen LogP contribution in [0.1, 0.15) is 21.5 Å².